The van der Waals surface area contributed by atoms with Crippen LogP contribution >= 0.6 is 12.4 Å². The Kier molecular flexibility index (Phi) is 5.87. The van der Waals surface area contributed by atoms with Gasteiger partial charge in [-0.2, -0.15) is 0 Å². The number of carbonyl (C=O) groups is 2. The van der Waals surface area contributed by atoms with E-state index < -0.39 is 0 Å². The van der Waals surface area contributed by atoms with E-state index in [-0.39, 0.29) is 24.2 Å². The molecule has 3 heterocycles. The fourth-order valence-corrected chi connectivity index (χ4v) is 3.82. The molecule has 2 aromatic rings. The van der Waals surface area contributed by atoms with E-state index in [0.717, 1.165) is 29.7 Å². The number of halogens is 1. The van der Waals surface area contributed by atoms with Gasteiger partial charge in [-0.05, 0) is 43.0 Å². The molecular formula is C20H24ClN3O3. The number of nitrogens with zero attached hydrogens (tertiary/aromatic N) is 2. The predicted octanol–water partition coefficient (Wildman–Crippen LogP) is 2.60. The summed E-state index contributed by atoms with van der Waals surface area (Å²) in [6.07, 6.45) is 3.79. The first-order valence-electron chi connectivity index (χ1n) is 9.11. The lowest BCUT2D eigenvalue weighted by Gasteiger charge is -2.31. The molecule has 0 saturated carbocycles. The molecule has 2 N–H and O–H groups in total. The van der Waals surface area contributed by atoms with Crippen molar-refractivity contribution in [1.29, 1.82) is 0 Å². The Morgan fingerprint density at radius 2 is 1.93 bits per heavy atom. The molecule has 0 aliphatic carbocycles. The topological polar surface area (TPSA) is 79.8 Å². The molecule has 0 radical (unpaired) electrons. The fraction of sp³-hybridized carbons (Fsp3) is 0.400. The molecule has 1 fully saturated rings. The molecule has 2 aliphatic heterocycles. The maximum atomic E-state index is 12.9. The van der Waals surface area contributed by atoms with E-state index in [9.17, 15) is 9.59 Å². The van der Waals surface area contributed by atoms with Crippen LogP contribution in [0.25, 0.3) is 0 Å². The zero-order valence-corrected chi connectivity index (χ0v) is 15.9. The van der Waals surface area contributed by atoms with Crippen LogP contribution < -0.4 is 10.6 Å². The smallest absolute Gasteiger partial charge is 0.289 e. The normalized spacial score (nSPS) is 17.0. The Bertz CT molecular complexity index is 827. The number of likely N-dealkylation sites (tertiary alicyclic amines) is 1. The average Bonchev–Trinajstić information content (AvgIpc) is 3.26. The Balaban J connectivity index is 0.00000210. The SMILES string of the molecule is Cl.NCC1CCN(C(=O)c2occc2CN2C(=O)Cc3ccccc32)CC1. The lowest BCUT2D eigenvalue weighted by Crippen LogP contribution is -2.40. The number of nitrogens with two attached hydrogens (primary N) is 1. The predicted molar refractivity (Wildman–Crippen MR) is 105 cm³/mol. The van der Waals surface area contributed by atoms with E-state index >= 15 is 0 Å². The average molecular weight is 390 g/mol. The van der Waals surface area contributed by atoms with Crippen molar-refractivity contribution in [1.82, 2.24) is 4.90 Å². The third-order valence-corrected chi connectivity index (χ3v) is 5.43. The minimum absolute atomic E-state index is 0. The van der Waals surface area contributed by atoms with Crippen LogP contribution in [0.3, 0.4) is 0 Å². The van der Waals surface area contributed by atoms with Crippen LogP contribution in [-0.2, 0) is 17.8 Å². The Labute approximate surface area is 164 Å². The molecular weight excluding hydrogens is 366 g/mol. The van der Waals surface area contributed by atoms with Gasteiger partial charge in [0.2, 0.25) is 5.91 Å². The number of amides is 2. The number of hydrogen-bond donors (Lipinski definition) is 1. The molecule has 27 heavy (non-hydrogen) atoms. The van der Waals surface area contributed by atoms with Crippen LogP contribution in [0.4, 0.5) is 5.69 Å². The minimum atomic E-state index is -0.0968. The van der Waals surface area contributed by atoms with E-state index in [1.54, 1.807) is 11.0 Å². The minimum Gasteiger partial charge on any atom is -0.459 e. The molecule has 1 saturated heterocycles. The zero-order valence-electron chi connectivity index (χ0n) is 15.1. The van der Waals surface area contributed by atoms with Crippen molar-refractivity contribution < 1.29 is 14.0 Å². The van der Waals surface area contributed by atoms with Crippen molar-refractivity contribution in [2.75, 3.05) is 24.5 Å². The molecule has 0 unspecified atom stereocenters. The van der Waals surface area contributed by atoms with E-state index in [2.05, 4.69) is 0 Å². The van der Waals surface area contributed by atoms with Gasteiger partial charge in [-0.25, -0.2) is 0 Å². The first kappa shape index (κ1) is 19.5. The maximum Gasteiger partial charge on any atom is 0.289 e. The molecule has 0 spiro atoms. The third-order valence-electron chi connectivity index (χ3n) is 5.43. The number of hydrogen-bond acceptors (Lipinski definition) is 4. The number of rotatable bonds is 4. The molecule has 6 nitrogen and oxygen atoms in total. The van der Waals surface area contributed by atoms with E-state index in [1.807, 2.05) is 29.2 Å². The van der Waals surface area contributed by atoms with Gasteiger partial charge in [0.05, 0.1) is 19.2 Å². The first-order chi connectivity index (χ1) is 12.7. The fourth-order valence-electron chi connectivity index (χ4n) is 3.82. The van der Waals surface area contributed by atoms with Crippen molar-refractivity contribution in [2.45, 2.75) is 25.8 Å². The summed E-state index contributed by atoms with van der Waals surface area (Å²) >= 11 is 0. The van der Waals surface area contributed by atoms with Gasteiger partial charge in [0.25, 0.3) is 5.91 Å². The van der Waals surface area contributed by atoms with Crippen molar-refractivity contribution in [3.8, 4) is 0 Å². The molecule has 7 heteroatoms. The number of carbonyl (C=O) groups excluding carboxylic acids is 2. The first-order valence-corrected chi connectivity index (χ1v) is 9.11. The monoisotopic (exact) mass is 389 g/mol. The van der Waals surface area contributed by atoms with Crippen LogP contribution in [0.2, 0.25) is 0 Å². The summed E-state index contributed by atoms with van der Waals surface area (Å²) in [5.74, 6) is 0.789. The number of anilines is 1. The van der Waals surface area contributed by atoms with Gasteiger partial charge >= 0.3 is 0 Å². The van der Waals surface area contributed by atoms with Crippen LogP contribution in [0, 0.1) is 5.92 Å². The lowest BCUT2D eigenvalue weighted by molar-refractivity contribution is -0.117. The quantitative estimate of drug-likeness (QED) is 0.871. The number of benzene rings is 1. The molecule has 1 aromatic carbocycles. The summed E-state index contributed by atoms with van der Waals surface area (Å²) in [4.78, 5) is 28.8. The third kappa shape index (κ3) is 3.73. The molecule has 0 bridgehead atoms. The van der Waals surface area contributed by atoms with Crippen LogP contribution in [0.15, 0.2) is 41.0 Å². The maximum absolute atomic E-state index is 12.9. The van der Waals surface area contributed by atoms with E-state index in [1.165, 1.54) is 6.26 Å². The van der Waals surface area contributed by atoms with Crippen molar-refractivity contribution >= 4 is 29.9 Å². The number of fused-ring (bicyclic) bond motifs is 1. The second-order valence-electron chi connectivity index (χ2n) is 7.03. The molecule has 0 atom stereocenters. The van der Waals surface area contributed by atoms with Crippen LogP contribution in [0.5, 0.6) is 0 Å². The Morgan fingerprint density at radius 3 is 2.67 bits per heavy atom. The van der Waals surface area contributed by atoms with Crippen LogP contribution in [0.1, 0.15) is 34.5 Å². The standard InChI is InChI=1S/C20H23N3O3.ClH/c21-12-14-5-8-22(9-6-14)20(25)19-16(7-10-26-19)13-23-17-4-2-1-3-15(17)11-18(23)24;/h1-4,7,10,14H,5-6,8-9,11-13,21H2;1H. The highest BCUT2D eigenvalue weighted by Crippen LogP contribution is 2.31. The highest BCUT2D eigenvalue weighted by atomic mass is 35.5. The number of para-hydroxylation sites is 1. The number of piperidine rings is 1. The van der Waals surface area contributed by atoms with Gasteiger partial charge < -0.3 is 20.0 Å². The highest BCUT2D eigenvalue weighted by Gasteiger charge is 2.31. The summed E-state index contributed by atoms with van der Waals surface area (Å²) in [7, 11) is 0. The molecule has 2 amide bonds. The zero-order chi connectivity index (χ0) is 18.1. The summed E-state index contributed by atoms with van der Waals surface area (Å²) < 4.78 is 5.51. The Hall–Kier alpha value is -2.31. The van der Waals surface area contributed by atoms with Gasteiger partial charge in [0.1, 0.15) is 0 Å². The summed E-state index contributed by atoms with van der Waals surface area (Å²) in [6, 6.07) is 9.56. The van der Waals surface area contributed by atoms with Gasteiger partial charge in [-0.3, -0.25) is 9.59 Å². The van der Waals surface area contributed by atoms with Crippen LogP contribution in [-0.4, -0.2) is 36.3 Å². The summed E-state index contributed by atoms with van der Waals surface area (Å²) in [5.41, 5.74) is 8.42. The van der Waals surface area contributed by atoms with E-state index in [4.69, 9.17) is 10.2 Å². The largest absolute Gasteiger partial charge is 0.459 e. The molecule has 4 rings (SSSR count). The molecule has 144 valence electrons. The van der Waals surface area contributed by atoms with Gasteiger partial charge in [0.15, 0.2) is 5.76 Å². The van der Waals surface area contributed by atoms with Gasteiger partial charge in [-0.15, -0.1) is 12.4 Å². The second-order valence-corrected chi connectivity index (χ2v) is 7.03. The number of furan rings is 1. The van der Waals surface area contributed by atoms with Crippen molar-refractivity contribution in [3.63, 3.8) is 0 Å². The molecule has 1 aromatic heterocycles. The highest BCUT2D eigenvalue weighted by molar-refractivity contribution is 6.01. The van der Waals surface area contributed by atoms with Crippen molar-refractivity contribution in [3.05, 3.63) is 53.5 Å². The molecule has 2 aliphatic rings. The summed E-state index contributed by atoms with van der Waals surface area (Å²) in [5, 5.41) is 0. The summed E-state index contributed by atoms with van der Waals surface area (Å²) in [6.45, 7) is 2.43. The van der Waals surface area contributed by atoms with Crippen molar-refractivity contribution in [2.24, 2.45) is 11.7 Å². The Morgan fingerprint density at radius 1 is 1.19 bits per heavy atom. The lowest BCUT2D eigenvalue weighted by atomic mass is 9.97. The van der Waals surface area contributed by atoms with Gasteiger partial charge in [-0.1, -0.05) is 18.2 Å². The van der Waals surface area contributed by atoms with Gasteiger partial charge in [0, 0.05) is 24.3 Å². The van der Waals surface area contributed by atoms with E-state index in [0.29, 0.717) is 44.3 Å². The second kappa shape index (κ2) is 8.15.